The fourth-order valence-corrected chi connectivity index (χ4v) is 3.56. The highest BCUT2D eigenvalue weighted by atomic mass is 32.2. The first-order valence-corrected chi connectivity index (χ1v) is 6.58. The lowest BCUT2D eigenvalue weighted by molar-refractivity contribution is -0.122. The van der Waals surface area contributed by atoms with Crippen LogP contribution in [0.25, 0.3) is 0 Å². The highest BCUT2D eigenvalue weighted by Crippen LogP contribution is 2.23. The lowest BCUT2D eigenvalue weighted by Crippen LogP contribution is -2.28. The maximum Gasteiger partial charge on any atom is 0.163 e. The fraction of sp³-hybridized carbons (Fsp3) is 0.889. The van der Waals surface area contributed by atoms with E-state index in [1.807, 2.05) is 0 Å². The van der Waals surface area contributed by atoms with Crippen molar-refractivity contribution in [2.75, 3.05) is 11.5 Å². The van der Waals surface area contributed by atoms with Gasteiger partial charge in [-0.3, -0.25) is 4.79 Å². The minimum Gasteiger partial charge on any atom is -0.297 e. The van der Waals surface area contributed by atoms with Crippen molar-refractivity contribution in [3.05, 3.63) is 0 Å². The van der Waals surface area contributed by atoms with Gasteiger partial charge in [0.25, 0.3) is 0 Å². The summed E-state index contributed by atoms with van der Waals surface area (Å²) in [5, 5.41) is 0. The van der Waals surface area contributed by atoms with E-state index in [0.717, 1.165) is 0 Å². The molecule has 14 heavy (non-hydrogen) atoms. The number of ketones is 1. The molecule has 1 fully saturated rings. The average Bonchev–Trinajstić information content (AvgIpc) is 2.01. The Morgan fingerprint density at radius 2 is 2.21 bits per heavy atom. The summed E-state index contributed by atoms with van der Waals surface area (Å²) < 4.78 is 35.4. The van der Waals surface area contributed by atoms with E-state index in [9.17, 15) is 17.6 Å². The standard InChI is InChI=1S/C9H15FO3S/c1-7(11)9(10)5-8-3-2-4-14(12,13)6-8/h8-9H,2-6H2,1H3. The molecule has 0 aliphatic carbocycles. The minimum atomic E-state index is -2.98. The van der Waals surface area contributed by atoms with Crippen molar-refractivity contribution in [1.29, 1.82) is 0 Å². The van der Waals surface area contributed by atoms with E-state index in [0.29, 0.717) is 12.8 Å². The number of hydrogen-bond acceptors (Lipinski definition) is 3. The van der Waals surface area contributed by atoms with Crippen LogP contribution in [-0.2, 0) is 14.6 Å². The van der Waals surface area contributed by atoms with Gasteiger partial charge in [0.05, 0.1) is 11.5 Å². The van der Waals surface area contributed by atoms with Gasteiger partial charge in [0.2, 0.25) is 0 Å². The first-order chi connectivity index (χ1) is 6.41. The Morgan fingerprint density at radius 1 is 1.57 bits per heavy atom. The van der Waals surface area contributed by atoms with Crippen molar-refractivity contribution in [3.63, 3.8) is 0 Å². The number of hydrogen-bond donors (Lipinski definition) is 0. The molecule has 0 radical (unpaired) electrons. The third kappa shape index (κ3) is 3.36. The molecular formula is C9H15FO3S. The monoisotopic (exact) mass is 222 g/mol. The smallest absolute Gasteiger partial charge is 0.163 e. The Morgan fingerprint density at radius 3 is 2.71 bits per heavy atom. The highest BCUT2D eigenvalue weighted by Gasteiger charge is 2.28. The molecule has 82 valence electrons. The molecule has 0 spiro atoms. The zero-order valence-electron chi connectivity index (χ0n) is 8.20. The van der Waals surface area contributed by atoms with Gasteiger partial charge in [-0.1, -0.05) is 0 Å². The molecule has 1 saturated heterocycles. The van der Waals surface area contributed by atoms with Crippen molar-refractivity contribution in [2.24, 2.45) is 5.92 Å². The van der Waals surface area contributed by atoms with Crippen LogP contribution in [0, 0.1) is 5.92 Å². The first-order valence-electron chi connectivity index (χ1n) is 4.75. The Bertz CT molecular complexity index is 310. The molecule has 0 aromatic carbocycles. The summed E-state index contributed by atoms with van der Waals surface area (Å²) in [6, 6.07) is 0. The van der Waals surface area contributed by atoms with Gasteiger partial charge < -0.3 is 0 Å². The predicted molar refractivity (Wildman–Crippen MR) is 51.6 cm³/mol. The van der Waals surface area contributed by atoms with Crippen molar-refractivity contribution in [1.82, 2.24) is 0 Å². The molecule has 0 aromatic heterocycles. The highest BCUT2D eigenvalue weighted by molar-refractivity contribution is 7.91. The number of Topliss-reactive ketones (excluding diaryl/α,β-unsaturated/α-hetero) is 1. The number of carbonyl (C=O) groups excluding carboxylic acids is 1. The molecule has 1 rings (SSSR count). The van der Waals surface area contributed by atoms with Gasteiger partial charge in [-0.2, -0.15) is 0 Å². The maximum atomic E-state index is 13.0. The van der Waals surface area contributed by atoms with Crippen LogP contribution in [0.1, 0.15) is 26.2 Å². The summed E-state index contributed by atoms with van der Waals surface area (Å²) in [5.74, 6) is -0.429. The second-order valence-electron chi connectivity index (χ2n) is 3.94. The second-order valence-corrected chi connectivity index (χ2v) is 6.17. The van der Waals surface area contributed by atoms with E-state index in [1.54, 1.807) is 0 Å². The van der Waals surface area contributed by atoms with E-state index in [-0.39, 0.29) is 23.8 Å². The molecule has 3 nitrogen and oxygen atoms in total. The van der Waals surface area contributed by atoms with Crippen LogP contribution in [0.15, 0.2) is 0 Å². The Balaban J connectivity index is 2.50. The van der Waals surface area contributed by atoms with Crippen LogP contribution in [0.3, 0.4) is 0 Å². The lowest BCUT2D eigenvalue weighted by atomic mass is 9.97. The molecule has 0 aromatic rings. The van der Waals surface area contributed by atoms with Gasteiger partial charge in [-0.15, -0.1) is 0 Å². The third-order valence-electron chi connectivity index (χ3n) is 2.54. The van der Waals surface area contributed by atoms with Crippen molar-refractivity contribution < 1.29 is 17.6 Å². The van der Waals surface area contributed by atoms with Crippen LogP contribution in [0.5, 0.6) is 0 Å². The second kappa shape index (κ2) is 4.38. The maximum absolute atomic E-state index is 13.0. The Hall–Kier alpha value is -0.450. The van der Waals surface area contributed by atoms with Crippen LogP contribution in [0.4, 0.5) is 4.39 Å². The van der Waals surface area contributed by atoms with E-state index < -0.39 is 21.8 Å². The normalized spacial score (nSPS) is 28.3. The zero-order chi connectivity index (χ0) is 10.8. The van der Waals surface area contributed by atoms with Gasteiger partial charge >= 0.3 is 0 Å². The topological polar surface area (TPSA) is 51.2 Å². The molecule has 0 N–H and O–H groups in total. The summed E-state index contributed by atoms with van der Waals surface area (Å²) in [4.78, 5) is 10.7. The van der Waals surface area contributed by atoms with Crippen LogP contribution in [0.2, 0.25) is 0 Å². The molecule has 1 aliphatic heterocycles. The summed E-state index contributed by atoms with van der Waals surface area (Å²) in [6.45, 7) is 1.20. The SMILES string of the molecule is CC(=O)C(F)CC1CCCS(=O)(=O)C1. The largest absolute Gasteiger partial charge is 0.297 e. The van der Waals surface area contributed by atoms with Crippen molar-refractivity contribution >= 4 is 15.6 Å². The Kier molecular flexibility index (Phi) is 3.64. The third-order valence-corrected chi connectivity index (χ3v) is 4.43. The number of rotatable bonds is 3. The first kappa shape index (κ1) is 11.6. The number of sulfone groups is 1. The molecule has 5 heteroatoms. The molecule has 1 heterocycles. The summed E-state index contributed by atoms with van der Waals surface area (Å²) in [7, 11) is -2.98. The molecule has 1 aliphatic rings. The minimum absolute atomic E-state index is 0.0424. The lowest BCUT2D eigenvalue weighted by Gasteiger charge is -2.22. The molecule has 2 unspecified atom stereocenters. The van der Waals surface area contributed by atoms with Crippen LogP contribution in [-0.4, -0.2) is 31.9 Å². The summed E-state index contributed by atoms with van der Waals surface area (Å²) in [6.07, 6.45) is -0.118. The van der Waals surface area contributed by atoms with Gasteiger partial charge in [0.1, 0.15) is 0 Å². The number of carbonyl (C=O) groups is 1. The fourth-order valence-electron chi connectivity index (χ4n) is 1.76. The van der Waals surface area contributed by atoms with Crippen LogP contribution >= 0.6 is 0 Å². The van der Waals surface area contributed by atoms with Crippen molar-refractivity contribution in [2.45, 2.75) is 32.4 Å². The van der Waals surface area contributed by atoms with E-state index in [1.165, 1.54) is 6.92 Å². The predicted octanol–water partition coefficient (Wildman–Crippen LogP) is 1.13. The number of alkyl halides is 1. The van der Waals surface area contributed by atoms with Crippen LogP contribution < -0.4 is 0 Å². The quantitative estimate of drug-likeness (QED) is 0.719. The van der Waals surface area contributed by atoms with E-state index >= 15 is 0 Å². The van der Waals surface area contributed by atoms with E-state index in [4.69, 9.17) is 0 Å². The molecule has 2 atom stereocenters. The molecule has 0 bridgehead atoms. The summed E-state index contributed by atoms with van der Waals surface area (Å²) in [5.41, 5.74) is 0. The van der Waals surface area contributed by atoms with Gasteiger partial charge in [0, 0.05) is 0 Å². The molecule has 0 amide bonds. The van der Waals surface area contributed by atoms with Crippen molar-refractivity contribution in [3.8, 4) is 0 Å². The summed E-state index contributed by atoms with van der Waals surface area (Å²) >= 11 is 0. The Labute approximate surface area is 83.6 Å². The molecule has 0 saturated carbocycles. The average molecular weight is 222 g/mol. The number of halogens is 1. The zero-order valence-corrected chi connectivity index (χ0v) is 9.02. The van der Waals surface area contributed by atoms with Gasteiger partial charge in [0.15, 0.2) is 21.8 Å². The van der Waals surface area contributed by atoms with Gasteiger partial charge in [-0.25, -0.2) is 12.8 Å². The van der Waals surface area contributed by atoms with Gasteiger partial charge in [-0.05, 0) is 32.1 Å². The van der Waals surface area contributed by atoms with E-state index in [2.05, 4.69) is 0 Å². The molecular weight excluding hydrogens is 207 g/mol.